The molecule has 0 spiro atoms. The van der Waals surface area contributed by atoms with Gasteiger partial charge < -0.3 is 9.84 Å². The summed E-state index contributed by atoms with van der Waals surface area (Å²) in [5, 5.41) is 8.49. The van der Waals surface area contributed by atoms with E-state index >= 15 is 0 Å². The van der Waals surface area contributed by atoms with E-state index in [1.54, 1.807) is 13.2 Å². The number of benzene rings is 1. The molecule has 1 aromatic carbocycles. The Labute approximate surface area is 94.6 Å². The van der Waals surface area contributed by atoms with Crippen molar-refractivity contribution >= 4 is 33.7 Å². The van der Waals surface area contributed by atoms with Gasteiger partial charge in [0, 0.05) is 4.90 Å². The Bertz CT molecular complexity index is 341. The number of carbonyl (C=O) groups is 1. The van der Waals surface area contributed by atoms with Crippen LogP contribution in [0.25, 0.3) is 0 Å². The molecule has 0 atom stereocenters. The third-order valence-corrected chi connectivity index (χ3v) is 3.08. The summed E-state index contributed by atoms with van der Waals surface area (Å²) in [6.07, 6.45) is 0. The highest BCUT2D eigenvalue weighted by atomic mass is 79.9. The minimum absolute atomic E-state index is 0.0682. The third-order valence-electron chi connectivity index (χ3n) is 1.49. The number of thioether (sulfide) groups is 1. The van der Waals surface area contributed by atoms with E-state index in [0.717, 1.165) is 15.1 Å². The van der Waals surface area contributed by atoms with Crippen molar-refractivity contribution in [2.75, 3.05) is 12.9 Å². The molecule has 0 aliphatic carbocycles. The van der Waals surface area contributed by atoms with Crippen LogP contribution in [-0.2, 0) is 4.79 Å². The number of carboxylic acid groups (broad SMARTS) is 1. The molecule has 0 radical (unpaired) electrons. The standard InChI is InChI=1S/C9H9BrO3S/c1-13-8-3-2-6(4-7(8)10)14-5-9(11)12/h2-4H,5H2,1H3,(H,11,12). The molecule has 0 aromatic heterocycles. The summed E-state index contributed by atoms with van der Waals surface area (Å²) in [6.45, 7) is 0. The van der Waals surface area contributed by atoms with Gasteiger partial charge in [-0.1, -0.05) is 0 Å². The fourth-order valence-electron chi connectivity index (χ4n) is 0.882. The van der Waals surface area contributed by atoms with Gasteiger partial charge in [0.25, 0.3) is 0 Å². The summed E-state index contributed by atoms with van der Waals surface area (Å²) in [5.41, 5.74) is 0. The summed E-state index contributed by atoms with van der Waals surface area (Å²) < 4.78 is 5.88. The number of aliphatic carboxylic acids is 1. The lowest BCUT2D eigenvalue weighted by Crippen LogP contribution is -1.97. The molecule has 5 heteroatoms. The Balaban J connectivity index is 2.71. The van der Waals surface area contributed by atoms with E-state index in [9.17, 15) is 4.79 Å². The molecule has 14 heavy (non-hydrogen) atoms. The lowest BCUT2D eigenvalue weighted by atomic mass is 10.3. The minimum Gasteiger partial charge on any atom is -0.496 e. The Morgan fingerprint density at radius 3 is 2.86 bits per heavy atom. The summed E-state index contributed by atoms with van der Waals surface area (Å²) in [4.78, 5) is 11.2. The molecule has 3 nitrogen and oxygen atoms in total. The number of rotatable bonds is 4. The zero-order valence-corrected chi connectivity index (χ0v) is 9.89. The smallest absolute Gasteiger partial charge is 0.313 e. The van der Waals surface area contributed by atoms with Crippen molar-refractivity contribution in [2.24, 2.45) is 0 Å². The lowest BCUT2D eigenvalue weighted by molar-refractivity contribution is -0.133. The van der Waals surface area contributed by atoms with E-state index in [1.165, 1.54) is 11.8 Å². The van der Waals surface area contributed by atoms with Crippen LogP contribution >= 0.6 is 27.7 Å². The second-order valence-corrected chi connectivity index (χ2v) is 4.38. The average Bonchev–Trinajstić information content (AvgIpc) is 2.15. The van der Waals surface area contributed by atoms with E-state index < -0.39 is 5.97 Å². The number of halogens is 1. The second kappa shape index (κ2) is 5.26. The Hall–Kier alpha value is -0.680. The van der Waals surface area contributed by atoms with Gasteiger partial charge in [0.2, 0.25) is 0 Å². The molecular formula is C9H9BrO3S. The van der Waals surface area contributed by atoms with Crippen LogP contribution < -0.4 is 4.74 Å². The number of hydrogen-bond acceptors (Lipinski definition) is 3. The molecule has 0 heterocycles. The van der Waals surface area contributed by atoms with Crippen molar-refractivity contribution in [1.82, 2.24) is 0 Å². The van der Waals surface area contributed by atoms with Crippen LogP contribution in [0.1, 0.15) is 0 Å². The number of ether oxygens (including phenoxy) is 1. The van der Waals surface area contributed by atoms with Gasteiger partial charge in [0.15, 0.2) is 0 Å². The fraction of sp³-hybridized carbons (Fsp3) is 0.222. The molecule has 1 N–H and O–H groups in total. The predicted octanol–water partition coefficient (Wildman–Crippen LogP) is 2.63. The largest absolute Gasteiger partial charge is 0.496 e. The molecule has 0 saturated heterocycles. The zero-order valence-electron chi connectivity index (χ0n) is 7.49. The summed E-state index contributed by atoms with van der Waals surface area (Å²) in [5.74, 6) is -0.00898. The number of methoxy groups -OCH3 is 1. The van der Waals surface area contributed by atoms with Crippen molar-refractivity contribution in [3.8, 4) is 5.75 Å². The second-order valence-electron chi connectivity index (χ2n) is 2.48. The van der Waals surface area contributed by atoms with Gasteiger partial charge in [0.1, 0.15) is 5.75 Å². The van der Waals surface area contributed by atoms with Crippen LogP contribution in [0.4, 0.5) is 0 Å². The van der Waals surface area contributed by atoms with Crippen LogP contribution in [0, 0.1) is 0 Å². The first kappa shape index (κ1) is 11.4. The van der Waals surface area contributed by atoms with Crippen LogP contribution in [0.3, 0.4) is 0 Å². The zero-order chi connectivity index (χ0) is 10.6. The average molecular weight is 277 g/mol. The lowest BCUT2D eigenvalue weighted by Gasteiger charge is -2.04. The van der Waals surface area contributed by atoms with Crippen LogP contribution in [0.5, 0.6) is 5.75 Å². The summed E-state index contributed by atoms with van der Waals surface area (Å²) in [7, 11) is 1.59. The van der Waals surface area contributed by atoms with Gasteiger partial charge in [-0.15, -0.1) is 11.8 Å². The van der Waals surface area contributed by atoms with Crippen molar-refractivity contribution < 1.29 is 14.6 Å². The first-order chi connectivity index (χ1) is 6.63. The molecule has 0 aliphatic heterocycles. The van der Waals surface area contributed by atoms with E-state index in [-0.39, 0.29) is 5.75 Å². The molecule has 76 valence electrons. The molecule has 1 rings (SSSR count). The quantitative estimate of drug-likeness (QED) is 0.859. The van der Waals surface area contributed by atoms with E-state index in [4.69, 9.17) is 9.84 Å². The molecule has 0 unspecified atom stereocenters. The summed E-state index contributed by atoms with van der Waals surface area (Å²) in [6, 6.07) is 5.47. The molecule has 0 aliphatic rings. The highest BCUT2D eigenvalue weighted by molar-refractivity contribution is 9.10. The maximum atomic E-state index is 10.3. The van der Waals surface area contributed by atoms with Gasteiger partial charge in [-0.3, -0.25) is 4.79 Å². The molecule has 0 bridgehead atoms. The van der Waals surface area contributed by atoms with Gasteiger partial charge in [-0.05, 0) is 34.1 Å². The first-order valence-electron chi connectivity index (χ1n) is 3.81. The SMILES string of the molecule is COc1ccc(SCC(=O)O)cc1Br. The van der Waals surface area contributed by atoms with E-state index in [1.807, 2.05) is 12.1 Å². The molecule has 0 saturated carbocycles. The van der Waals surface area contributed by atoms with Gasteiger partial charge in [-0.25, -0.2) is 0 Å². The molecule has 0 amide bonds. The Kier molecular flexibility index (Phi) is 4.28. The third kappa shape index (κ3) is 3.23. The monoisotopic (exact) mass is 276 g/mol. The maximum Gasteiger partial charge on any atom is 0.313 e. The van der Waals surface area contributed by atoms with E-state index in [2.05, 4.69) is 15.9 Å². The Morgan fingerprint density at radius 2 is 2.36 bits per heavy atom. The highest BCUT2D eigenvalue weighted by Crippen LogP contribution is 2.29. The van der Waals surface area contributed by atoms with Gasteiger partial charge >= 0.3 is 5.97 Å². The Morgan fingerprint density at radius 1 is 1.64 bits per heavy atom. The van der Waals surface area contributed by atoms with Crippen LogP contribution in [0.15, 0.2) is 27.6 Å². The fourth-order valence-corrected chi connectivity index (χ4v) is 2.23. The normalized spacial score (nSPS) is 9.86. The molecule has 1 aromatic rings. The van der Waals surface area contributed by atoms with Gasteiger partial charge in [-0.2, -0.15) is 0 Å². The molecular weight excluding hydrogens is 268 g/mol. The minimum atomic E-state index is -0.818. The van der Waals surface area contributed by atoms with Crippen LogP contribution in [-0.4, -0.2) is 23.9 Å². The topological polar surface area (TPSA) is 46.5 Å². The maximum absolute atomic E-state index is 10.3. The van der Waals surface area contributed by atoms with Crippen molar-refractivity contribution in [1.29, 1.82) is 0 Å². The molecule has 0 fully saturated rings. The van der Waals surface area contributed by atoms with Crippen LogP contribution in [0.2, 0.25) is 0 Å². The number of carboxylic acids is 1. The van der Waals surface area contributed by atoms with Gasteiger partial charge in [0.05, 0.1) is 17.3 Å². The van der Waals surface area contributed by atoms with Crippen molar-refractivity contribution in [3.05, 3.63) is 22.7 Å². The van der Waals surface area contributed by atoms with Crippen molar-refractivity contribution in [3.63, 3.8) is 0 Å². The van der Waals surface area contributed by atoms with Crippen molar-refractivity contribution in [2.45, 2.75) is 4.90 Å². The highest BCUT2D eigenvalue weighted by Gasteiger charge is 2.03. The predicted molar refractivity (Wildman–Crippen MR) is 59.1 cm³/mol. The number of hydrogen-bond donors (Lipinski definition) is 1. The first-order valence-corrected chi connectivity index (χ1v) is 5.59. The summed E-state index contributed by atoms with van der Waals surface area (Å²) >= 11 is 4.61. The van der Waals surface area contributed by atoms with E-state index in [0.29, 0.717) is 0 Å².